The summed E-state index contributed by atoms with van der Waals surface area (Å²) in [5, 5.41) is 0. The molecule has 0 aliphatic rings. The van der Waals surface area contributed by atoms with Crippen LogP contribution in [0.2, 0.25) is 0 Å². The molecule has 4 heteroatoms. The van der Waals surface area contributed by atoms with E-state index in [0.717, 1.165) is 12.5 Å². The van der Waals surface area contributed by atoms with Crippen LogP contribution >= 0.6 is 0 Å². The summed E-state index contributed by atoms with van der Waals surface area (Å²) in [6.07, 6.45) is 1.17. The highest BCUT2D eigenvalue weighted by molar-refractivity contribution is 5.19. The number of hydrazine groups is 1. The highest BCUT2D eigenvalue weighted by atomic mass is 19.2. The van der Waals surface area contributed by atoms with Crippen LogP contribution in [0.25, 0.3) is 0 Å². The minimum absolute atomic E-state index is 0.0219. The first-order valence-corrected chi connectivity index (χ1v) is 4.58. The van der Waals surface area contributed by atoms with E-state index in [0.29, 0.717) is 12.0 Å². The summed E-state index contributed by atoms with van der Waals surface area (Å²) >= 11 is 0. The van der Waals surface area contributed by atoms with E-state index in [2.05, 4.69) is 5.43 Å². The minimum Gasteiger partial charge on any atom is -0.271 e. The number of nitrogens with two attached hydrogens (primary N) is 1. The van der Waals surface area contributed by atoms with Crippen molar-refractivity contribution in [2.45, 2.75) is 25.8 Å². The van der Waals surface area contributed by atoms with Crippen molar-refractivity contribution in [2.75, 3.05) is 0 Å². The second-order valence-electron chi connectivity index (χ2n) is 3.19. The lowest BCUT2D eigenvalue weighted by Crippen LogP contribution is -2.36. The number of hydrogen-bond donors (Lipinski definition) is 2. The Morgan fingerprint density at radius 3 is 2.71 bits per heavy atom. The molecule has 0 heterocycles. The average molecular weight is 200 g/mol. The number of halogens is 2. The third-order valence-electron chi connectivity index (χ3n) is 2.23. The van der Waals surface area contributed by atoms with Crippen LogP contribution in [0.1, 0.15) is 18.9 Å². The molecule has 14 heavy (non-hydrogen) atoms. The molecule has 0 saturated heterocycles. The van der Waals surface area contributed by atoms with Gasteiger partial charge in [0, 0.05) is 6.04 Å². The topological polar surface area (TPSA) is 38.0 Å². The fourth-order valence-electron chi connectivity index (χ4n) is 1.29. The second-order valence-corrected chi connectivity index (χ2v) is 3.19. The molecular weight excluding hydrogens is 186 g/mol. The summed E-state index contributed by atoms with van der Waals surface area (Å²) in [6, 6.07) is 4.15. The smallest absolute Gasteiger partial charge is 0.162 e. The fourth-order valence-corrected chi connectivity index (χ4v) is 1.29. The Morgan fingerprint density at radius 1 is 1.43 bits per heavy atom. The largest absolute Gasteiger partial charge is 0.271 e. The van der Waals surface area contributed by atoms with Crippen molar-refractivity contribution in [2.24, 2.45) is 5.84 Å². The Morgan fingerprint density at radius 2 is 2.14 bits per heavy atom. The molecule has 0 amide bonds. The van der Waals surface area contributed by atoms with Crippen molar-refractivity contribution >= 4 is 0 Å². The zero-order valence-corrected chi connectivity index (χ0v) is 8.06. The highest BCUT2D eigenvalue weighted by Crippen LogP contribution is 2.13. The first-order valence-electron chi connectivity index (χ1n) is 4.58. The molecule has 2 nitrogen and oxygen atoms in total. The molecule has 0 fully saturated rings. The summed E-state index contributed by atoms with van der Waals surface area (Å²) in [5.41, 5.74) is 2.91. The van der Waals surface area contributed by atoms with Gasteiger partial charge in [-0.15, -0.1) is 0 Å². The summed E-state index contributed by atoms with van der Waals surface area (Å²) in [5.74, 6) is 3.67. The van der Waals surface area contributed by atoms with Crippen molar-refractivity contribution in [1.29, 1.82) is 0 Å². The van der Waals surface area contributed by atoms with Gasteiger partial charge in [0.1, 0.15) is 0 Å². The maximum Gasteiger partial charge on any atom is 0.162 e. The molecule has 1 aromatic carbocycles. The lowest BCUT2D eigenvalue weighted by molar-refractivity contribution is 0.469. The maximum absolute atomic E-state index is 13.2. The van der Waals surface area contributed by atoms with Crippen LogP contribution in [0, 0.1) is 11.6 Å². The Kier molecular flexibility index (Phi) is 3.98. The predicted molar refractivity (Wildman–Crippen MR) is 51.5 cm³/mol. The molecule has 1 rings (SSSR count). The van der Waals surface area contributed by atoms with Gasteiger partial charge in [-0.05, 0) is 24.5 Å². The van der Waals surface area contributed by atoms with E-state index in [4.69, 9.17) is 5.84 Å². The van der Waals surface area contributed by atoms with E-state index in [1.807, 2.05) is 6.92 Å². The van der Waals surface area contributed by atoms with Crippen molar-refractivity contribution in [3.8, 4) is 0 Å². The lowest BCUT2D eigenvalue weighted by Gasteiger charge is -2.13. The highest BCUT2D eigenvalue weighted by Gasteiger charge is 2.11. The Bertz CT molecular complexity index is 298. The Balaban J connectivity index is 2.80. The molecule has 0 aromatic heterocycles. The van der Waals surface area contributed by atoms with Gasteiger partial charge >= 0.3 is 0 Å². The summed E-state index contributed by atoms with van der Waals surface area (Å²) in [7, 11) is 0. The Hall–Kier alpha value is -1.00. The number of nitrogens with one attached hydrogen (secondary N) is 1. The zero-order valence-electron chi connectivity index (χ0n) is 8.06. The van der Waals surface area contributed by atoms with E-state index < -0.39 is 11.6 Å². The zero-order chi connectivity index (χ0) is 10.6. The van der Waals surface area contributed by atoms with Crippen molar-refractivity contribution in [1.82, 2.24) is 5.43 Å². The maximum atomic E-state index is 13.2. The predicted octanol–water partition coefficient (Wildman–Crippen LogP) is 1.75. The van der Waals surface area contributed by atoms with E-state index in [1.54, 1.807) is 6.07 Å². The third-order valence-corrected chi connectivity index (χ3v) is 2.23. The van der Waals surface area contributed by atoms with E-state index in [9.17, 15) is 8.78 Å². The summed E-state index contributed by atoms with van der Waals surface area (Å²) in [6.45, 7) is 1.93. The van der Waals surface area contributed by atoms with Crippen LogP contribution in [0.4, 0.5) is 8.78 Å². The molecule has 1 aromatic rings. The fraction of sp³-hybridized carbons (Fsp3) is 0.400. The second kappa shape index (κ2) is 5.02. The first kappa shape index (κ1) is 11.1. The average Bonchev–Trinajstić information content (AvgIpc) is 2.20. The molecule has 1 atom stereocenters. The minimum atomic E-state index is -0.811. The summed E-state index contributed by atoms with van der Waals surface area (Å²) in [4.78, 5) is 0. The van der Waals surface area contributed by atoms with Crippen LogP contribution in [0.5, 0.6) is 0 Å². The molecule has 0 spiro atoms. The van der Waals surface area contributed by atoms with Crippen LogP contribution in [-0.4, -0.2) is 6.04 Å². The normalized spacial score (nSPS) is 12.9. The van der Waals surface area contributed by atoms with Gasteiger partial charge in [0.15, 0.2) is 11.6 Å². The summed E-state index contributed by atoms with van der Waals surface area (Å²) < 4.78 is 26.0. The SMILES string of the molecule is CCC(Cc1cccc(F)c1F)NN. The monoisotopic (exact) mass is 200 g/mol. The van der Waals surface area contributed by atoms with E-state index in [1.165, 1.54) is 6.07 Å². The molecule has 0 radical (unpaired) electrons. The van der Waals surface area contributed by atoms with Gasteiger partial charge in [-0.1, -0.05) is 19.1 Å². The Labute approximate surface area is 82.1 Å². The van der Waals surface area contributed by atoms with Gasteiger partial charge in [-0.2, -0.15) is 0 Å². The standard InChI is InChI=1S/C10H14F2N2/c1-2-8(14-13)6-7-4-3-5-9(11)10(7)12/h3-5,8,14H,2,6,13H2,1H3. The molecule has 0 bridgehead atoms. The number of benzene rings is 1. The van der Waals surface area contributed by atoms with E-state index >= 15 is 0 Å². The van der Waals surface area contributed by atoms with Crippen molar-refractivity contribution < 1.29 is 8.78 Å². The van der Waals surface area contributed by atoms with Gasteiger partial charge in [0.25, 0.3) is 0 Å². The number of hydrogen-bond acceptors (Lipinski definition) is 2. The lowest BCUT2D eigenvalue weighted by atomic mass is 10.0. The van der Waals surface area contributed by atoms with Gasteiger partial charge in [0.2, 0.25) is 0 Å². The molecule has 0 aliphatic carbocycles. The molecular formula is C10H14F2N2. The van der Waals surface area contributed by atoms with Gasteiger partial charge in [-0.25, -0.2) is 8.78 Å². The van der Waals surface area contributed by atoms with Crippen molar-refractivity contribution in [3.05, 3.63) is 35.4 Å². The quantitative estimate of drug-likeness (QED) is 0.574. The molecule has 1 unspecified atom stereocenters. The molecule has 0 aliphatic heterocycles. The van der Waals surface area contributed by atoms with Crippen LogP contribution < -0.4 is 11.3 Å². The van der Waals surface area contributed by atoms with Crippen molar-refractivity contribution in [3.63, 3.8) is 0 Å². The van der Waals surface area contributed by atoms with Gasteiger partial charge < -0.3 is 0 Å². The molecule has 3 N–H and O–H groups in total. The van der Waals surface area contributed by atoms with Crippen LogP contribution in [0.3, 0.4) is 0 Å². The first-order chi connectivity index (χ1) is 6.69. The number of rotatable bonds is 4. The molecule has 0 saturated carbocycles. The molecule has 78 valence electrons. The van der Waals surface area contributed by atoms with E-state index in [-0.39, 0.29) is 6.04 Å². The van der Waals surface area contributed by atoms with Gasteiger partial charge in [0.05, 0.1) is 0 Å². The van der Waals surface area contributed by atoms with Crippen LogP contribution in [0.15, 0.2) is 18.2 Å². The van der Waals surface area contributed by atoms with Gasteiger partial charge in [-0.3, -0.25) is 11.3 Å². The van der Waals surface area contributed by atoms with Crippen LogP contribution in [-0.2, 0) is 6.42 Å². The third kappa shape index (κ3) is 2.49.